The van der Waals surface area contributed by atoms with Gasteiger partial charge >= 0.3 is 0 Å². The standard InChI is InChI=1S/C14H19N3/c1-9(15)3-12-8-17(2)14-5-11-7-16-6-10(11)4-13(12)14/h4-5,8-9,16H,3,6-7,15H2,1-2H3. The summed E-state index contributed by atoms with van der Waals surface area (Å²) in [6, 6.07) is 4.87. The molecule has 0 bridgehead atoms. The Morgan fingerprint density at radius 3 is 2.76 bits per heavy atom. The smallest absolute Gasteiger partial charge is 0.0484 e. The van der Waals surface area contributed by atoms with Crippen molar-refractivity contribution in [2.75, 3.05) is 0 Å². The first-order valence-electron chi connectivity index (χ1n) is 6.21. The lowest BCUT2D eigenvalue weighted by molar-refractivity contribution is 0.738. The van der Waals surface area contributed by atoms with Crippen LogP contribution in [0.2, 0.25) is 0 Å². The lowest BCUT2D eigenvalue weighted by Crippen LogP contribution is -2.17. The third kappa shape index (κ3) is 1.75. The van der Waals surface area contributed by atoms with Gasteiger partial charge in [0.15, 0.2) is 0 Å². The van der Waals surface area contributed by atoms with Crippen molar-refractivity contribution in [1.82, 2.24) is 9.88 Å². The monoisotopic (exact) mass is 229 g/mol. The van der Waals surface area contributed by atoms with Crippen LogP contribution in [0.3, 0.4) is 0 Å². The van der Waals surface area contributed by atoms with Gasteiger partial charge in [-0.2, -0.15) is 0 Å². The van der Waals surface area contributed by atoms with Crippen LogP contribution in [0, 0.1) is 0 Å². The van der Waals surface area contributed by atoms with Crippen LogP contribution in [0.15, 0.2) is 18.3 Å². The number of aromatic nitrogens is 1. The van der Waals surface area contributed by atoms with E-state index in [9.17, 15) is 0 Å². The lowest BCUT2D eigenvalue weighted by Gasteiger charge is -2.04. The molecule has 1 aromatic heterocycles. The molecule has 17 heavy (non-hydrogen) atoms. The van der Waals surface area contributed by atoms with Crippen molar-refractivity contribution in [1.29, 1.82) is 0 Å². The maximum Gasteiger partial charge on any atom is 0.0484 e. The minimum absolute atomic E-state index is 0.215. The predicted molar refractivity (Wildman–Crippen MR) is 70.8 cm³/mol. The fraction of sp³-hybridized carbons (Fsp3) is 0.429. The molecule has 3 nitrogen and oxygen atoms in total. The Balaban J connectivity index is 2.18. The van der Waals surface area contributed by atoms with Gasteiger partial charge in [0.1, 0.15) is 0 Å². The van der Waals surface area contributed by atoms with E-state index >= 15 is 0 Å². The number of nitrogens with zero attached hydrogens (tertiary/aromatic N) is 1. The number of rotatable bonds is 2. The van der Waals surface area contributed by atoms with Gasteiger partial charge in [0.05, 0.1) is 0 Å². The summed E-state index contributed by atoms with van der Waals surface area (Å²) in [5.74, 6) is 0. The van der Waals surface area contributed by atoms with Crippen molar-refractivity contribution in [2.24, 2.45) is 12.8 Å². The van der Waals surface area contributed by atoms with Crippen LogP contribution in [0.4, 0.5) is 0 Å². The third-order valence-corrected chi connectivity index (χ3v) is 3.57. The largest absolute Gasteiger partial charge is 0.350 e. The Morgan fingerprint density at radius 2 is 2.06 bits per heavy atom. The molecule has 0 aliphatic carbocycles. The first-order valence-corrected chi connectivity index (χ1v) is 6.21. The van der Waals surface area contributed by atoms with E-state index < -0.39 is 0 Å². The van der Waals surface area contributed by atoms with Crippen molar-refractivity contribution in [3.05, 3.63) is 35.0 Å². The van der Waals surface area contributed by atoms with Gasteiger partial charge in [-0.1, -0.05) is 0 Å². The minimum atomic E-state index is 0.215. The van der Waals surface area contributed by atoms with Gasteiger partial charge in [0, 0.05) is 43.3 Å². The van der Waals surface area contributed by atoms with E-state index in [1.165, 1.54) is 27.6 Å². The molecule has 0 spiro atoms. The lowest BCUT2D eigenvalue weighted by atomic mass is 10.0. The number of aryl methyl sites for hydroxylation is 1. The number of hydrogen-bond acceptors (Lipinski definition) is 2. The number of fused-ring (bicyclic) bond motifs is 2. The van der Waals surface area contributed by atoms with Gasteiger partial charge in [-0.05, 0) is 42.2 Å². The molecule has 2 heterocycles. The number of benzene rings is 1. The maximum absolute atomic E-state index is 5.92. The van der Waals surface area contributed by atoms with Gasteiger partial charge in [0.25, 0.3) is 0 Å². The van der Waals surface area contributed by atoms with Crippen molar-refractivity contribution >= 4 is 10.9 Å². The molecule has 90 valence electrons. The van der Waals surface area contributed by atoms with Gasteiger partial charge in [-0.15, -0.1) is 0 Å². The molecule has 0 radical (unpaired) electrons. The van der Waals surface area contributed by atoms with E-state index in [1.807, 2.05) is 0 Å². The molecule has 0 fully saturated rings. The summed E-state index contributed by atoms with van der Waals surface area (Å²) in [6.07, 6.45) is 3.17. The summed E-state index contributed by atoms with van der Waals surface area (Å²) in [7, 11) is 2.11. The molecule has 2 aromatic rings. The highest BCUT2D eigenvalue weighted by molar-refractivity contribution is 5.86. The molecule has 0 amide bonds. The second-order valence-electron chi connectivity index (χ2n) is 5.19. The third-order valence-electron chi connectivity index (χ3n) is 3.57. The average molecular weight is 229 g/mol. The van der Waals surface area contributed by atoms with Crippen LogP contribution in [0.25, 0.3) is 10.9 Å². The Kier molecular flexibility index (Phi) is 2.45. The van der Waals surface area contributed by atoms with E-state index in [1.54, 1.807) is 0 Å². The van der Waals surface area contributed by atoms with Gasteiger partial charge in [-0.25, -0.2) is 0 Å². The molecule has 1 atom stereocenters. The van der Waals surface area contributed by atoms with E-state index in [2.05, 4.69) is 42.2 Å². The zero-order chi connectivity index (χ0) is 12.0. The van der Waals surface area contributed by atoms with Crippen molar-refractivity contribution in [3.63, 3.8) is 0 Å². The zero-order valence-corrected chi connectivity index (χ0v) is 10.5. The molecular formula is C14H19N3. The highest BCUT2D eigenvalue weighted by atomic mass is 14.9. The van der Waals surface area contributed by atoms with Crippen LogP contribution >= 0.6 is 0 Å². The molecule has 1 aromatic carbocycles. The number of nitrogens with two attached hydrogens (primary N) is 1. The second kappa shape index (κ2) is 3.86. The van der Waals surface area contributed by atoms with Gasteiger partial charge < -0.3 is 15.6 Å². The number of nitrogens with one attached hydrogen (secondary N) is 1. The van der Waals surface area contributed by atoms with E-state index in [0.717, 1.165) is 19.5 Å². The maximum atomic E-state index is 5.92. The fourth-order valence-electron chi connectivity index (χ4n) is 2.77. The zero-order valence-electron chi connectivity index (χ0n) is 10.5. The van der Waals surface area contributed by atoms with E-state index in [4.69, 9.17) is 5.73 Å². The first-order chi connectivity index (χ1) is 8.15. The molecule has 3 heteroatoms. The molecule has 1 aliphatic rings. The summed E-state index contributed by atoms with van der Waals surface area (Å²) in [5.41, 5.74) is 11.5. The van der Waals surface area contributed by atoms with Gasteiger partial charge in [0.2, 0.25) is 0 Å². The summed E-state index contributed by atoms with van der Waals surface area (Å²) in [5, 5.41) is 4.77. The predicted octanol–water partition coefficient (Wildman–Crippen LogP) is 1.67. The van der Waals surface area contributed by atoms with Gasteiger partial charge in [-0.3, -0.25) is 0 Å². The van der Waals surface area contributed by atoms with Crippen LogP contribution in [0.1, 0.15) is 23.6 Å². The summed E-state index contributed by atoms with van der Waals surface area (Å²) in [4.78, 5) is 0. The average Bonchev–Trinajstić information content (AvgIpc) is 2.82. The van der Waals surface area contributed by atoms with Crippen molar-refractivity contribution < 1.29 is 0 Å². The molecule has 3 N–H and O–H groups in total. The Bertz CT molecular complexity index is 566. The Hall–Kier alpha value is -1.32. The first kappa shape index (κ1) is 10.8. The topological polar surface area (TPSA) is 43.0 Å². The fourth-order valence-corrected chi connectivity index (χ4v) is 2.77. The SMILES string of the molecule is CC(N)Cc1cn(C)c2cc3c(cc12)CNC3. The summed E-state index contributed by atoms with van der Waals surface area (Å²) >= 11 is 0. The van der Waals surface area contributed by atoms with Crippen LogP contribution in [-0.2, 0) is 26.6 Å². The highest BCUT2D eigenvalue weighted by Crippen LogP contribution is 2.27. The Morgan fingerprint density at radius 1 is 1.35 bits per heavy atom. The highest BCUT2D eigenvalue weighted by Gasteiger charge is 2.15. The molecular weight excluding hydrogens is 210 g/mol. The van der Waals surface area contributed by atoms with E-state index in [0.29, 0.717) is 0 Å². The second-order valence-corrected chi connectivity index (χ2v) is 5.19. The van der Waals surface area contributed by atoms with Crippen molar-refractivity contribution in [3.8, 4) is 0 Å². The normalized spacial score (nSPS) is 16.4. The van der Waals surface area contributed by atoms with Crippen molar-refractivity contribution in [2.45, 2.75) is 32.5 Å². The quantitative estimate of drug-likeness (QED) is 0.822. The molecule has 1 unspecified atom stereocenters. The molecule has 0 saturated heterocycles. The summed E-state index contributed by atoms with van der Waals surface area (Å²) in [6.45, 7) is 4.06. The Labute approximate surface area is 102 Å². The molecule has 1 aliphatic heterocycles. The van der Waals surface area contributed by atoms with E-state index in [-0.39, 0.29) is 6.04 Å². The van der Waals surface area contributed by atoms with Crippen LogP contribution in [0.5, 0.6) is 0 Å². The summed E-state index contributed by atoms with van der Waals surface area (Å²) < 4.78 is 2.21. The van der Waals surface area contributed by atoms with Crippen LogP contribution in [-0.4, -0.2) is 10.6 Å². The number of hydrogen-bond donors (Lipinski definition) is 2. The molecule has 0 saturated carbocycles. The molecule has 3 rings (SSSR count). The van der Waals surface area contributed by atoms with Crippen LogP contribution < -0.4 is 11.1 Å². The minimum Gasteiger partial charge on any atom is -0.350 e.